The van der Waals surface area contributed by atoms with Gasteiger partial charge in [-0.3, -0.25) is 0 Å². The molecule has 0 atom stereocenters. The van der Waals surface area contributed by atoms with Crippen molar-refractivity contribution in [2.75, 3.05) is 6.61 Å². The lowest BCUT2D eigenvalue weighted by Crippen LogP contribution is -2.29. The van der Waals surface area contributed by atoms with Gasteiger partial charge in [0.05, 0.1) is 12.2 Å². The smallest absolute Gasteiger partial charge is 0.267 e. The SMILES string of the molecule is C=CC1CCC(C2CCC(C3CCC(CCc4ccc(OCC)c(F)c4C(F)F)CC3)CC2)CC1. The third kappa shape index (κ3) is 6.66. The molecule has 0 saturated heterocycles. The van der Waals surface area contributed by atoms with E-state index in [0.29, 0.717) is 17.9 Å². The van der Waals surface area contributed by atoms with Gasteiger partial charge in [0, 0.05) is 0 Å². The summed E-state index contributed by atoms with van der Waals surface area (Å²) in [6.07, 6.45) is 16.9. The highest BCUT2D eigenvalue weighted by molar-refractivity contribution is 5.38. The second-order valence-electron chi connectivity index (χ2n) is 11.6. The monoisotopic (exact) mass is 490 g/mol. The average Bonchev–Trinajstić information content (AvgIpc) is 2.89. The highest BCUT2D eigenvalue weighted by atomic mass is 19.3. The number of halogens is 3. The summed E-state index contributed by atoms with van der Waals surface area (Å²) in [7, 11) is 0. The topological polar surface area (TPSA) is 9.23 Å². The zero-order chi connectivity index (χ0) is 24.8. The molecule has 1 aromatic rings. The third-order valence-corrected chi connectivity index (χ3v) is 9.77. The summed E-state index contributed by atoms with van der Waals surface area (Å²) >= 11 is 0. The molecule has 3 saturated carbocycles. The Morgan fingerprint density at radius 2 is 1.37 bits per heavy atom. The number of rotatable bonds is 9. The van der Waals surface area contributed by atoms with Crippen LogP contribution < -0.4 is 4.74 Å². The van der Waals surface area contributed by atoms with Gasteiger partial charge in [-0.1, -0.05) is 25.0 Å². The molecule has 0 radical (unpaired) electrons. The Balaban J connectivity index is 1.21. The van der Waals surface area contributed by atoms with E-state index in [1.54, 1.807) is 13.0 Å². The van der Waals surface area contributed by atoms with E-state index in [0.717, 1.165) is 36.0 Å². The van der Waals surface area contributed by atoms with Crippen molar-refractivity contribution in [3.05, 3.63) is 41.7 Å². The van der Waals surface area contributed by atoms with Gasteiger partial charge in [-0.15, -0.1) is 6.58 Å². The summed E-state index contributed by atoms with van der Waals surface area (Å²) in [6, 6.07) is 3.15. The lowest BCUT2D eigenvalue weighted by atomic mass is 9.65. The second kappa shape index (κ2) is 12.7. The summed E-state index contributed by atoms with van der Waals surface area (Å²) in [5.74, 6) is 4.03. The molecule has 4 heteroatoms. The van der Waals surface area contributed by atoms with Gasteiger partial charge < -0.3 is 4.74 Å². The molecule has 0 N–H and O–H groups in total. The minimum Gasteiger partial charge on any atom is -0.491 e. The van der Waals surface area contributed by atoms with Gasteiger partial charge in [-0.05, 0) is 131 Å². The first kappa shape index (κ1) is 26.6. The van der Waals surface area contributed by atoms with E-state index in [1.165, 1.54) is 83.1 Å². The number of benzene rings is 1. The summed E-state index contributed by atoms with van der Waals surface area (Å²) in [4.78, 5) is 0. The fourth-order valence-corrected chi connectivity index (χ4v) is 7.58. The summed E-state index contributed by atoms with van der Waals surface area (Å²) in [6.45, 7) is 5.98. The standard InChI is InChI=1S/C31H45F3O/c1-3-21-5-10-23(11-6-21)25-15-17-26(18-16-25)24-12-7-22(8-13-24)9-14-27-19-20-28(35-4-2)30(32)29(27)31(33)34/h3,19-26,31H,1,4-18H2,2H3. The Morgan fingerprint density at radius 3 is 1.86 bits per heavy atom. The van der Waals surface area contributed by atoms with E-state index in [4.69, 9.17) is 4.74 Å². The Labute approximate surface area is 210 Å². The van der Waals surface area contributed by atoms with Crippen LogP contribution >= 0.6 is 0 Å². The van der Waals surface area contributed by atoms with Crippen molar-refractivity contribution in [2.24, 2.45) is 35.5 Å². The van der Waals surface area contributed by atoms with Gasteiger partial charge in [0.1, 0.15) is 0 Å². The Kier molecular flexibility index (Phi) is 9.64. The first-order valence-electron chi connectivity index (χ1n) is 14.3. The molecule has 0 bridgehead atoms. The number of alkyl halides is 2. The fraction of sp³-hybridized carbons (Fsp3) is 0.742. The van der Waals surface area contributed by atoms with Crippen LogP contribution in [0.15, 0.2) is 24.8 Å². The second-order valence-corrected chi connectivity index (χ2v) is 11.6. The van der Waals surface area contributed by atoms with Crippen LogP contribution in [0.25, 0.3) is 0 Å². The van der Waals surface area contributed by atoms with Crippen LogP contribution in [0.5, 0.6) is 5.75 Å². The van der Waals surface area contributed by atoms with Gasteiger partial charge in [0.2, 0.25) is 0 Å². The highest BCUT2D eigenvalue weighted by Crippen LogP contribution is 2.46. The van der Waals surface area contributed by atoms with Crippen LogP contribution in [-0.2, 0) is 6.42 Å². The van der Waals surface area contributed by atoms with Crippen molar-refractivity contribution < 1.29 is 17.9 Å². The maximum atomic E-state index is 14.6. The number of hydrogen-bond acceptors (Lipinski definition) is 1. The number of aryl methyl sites for hydroxylation is 1. The molecule has 0 unspecified atom stereocenters. The van der Waals surface area contributed by atoms with Gasteiger partial charge in [-0.25, -0.2) is 13.2 Å². The van der Waals surface area contributed by atoms with E-state index in [-0.39, 0.29) is 12.4 Å². The zero-order valence-electron chi connectivity index (χ0n) is 21.6. The molecule has 0 heterocycles. The fourth-order valence-electron chi connectivity index (χ4n) is 7.58. The molecular weight excluding hydrogens is 445 g/mol. The third-order valence-electron chi connectivity index (χ3n) is 9.77. The van der Waals surface area contributed by atoms with Crippen LogP contribution in [0.4, 0.5) is 13.2 Å². The molecule has 0 aliphatic heterocycles. The molecule has 0 amide bonds. The first-order chi connectivity index (χ1) is 17.0. The van der Waals surface area contributed by atoms with Crippen molar-refractivity contribution >= 4 is 0 Å². The molecule has 1 nitrogen and oxygen atoms in total. The van der Waals surface area contributed by atoms with Crippen LogP contribution in [-0.4, -0.2) is 6.61 Å². The van der Waals surface area contributed by atoms with Crippen molar-refractivity contribution in [1.29, 1.82) is 0 Å². The number of allylic oxidation sites excluding steroid dienone is 1. The van der Waals surface area contributed by atoms with Crippen LogP contribution in [0.3, 0.4) is 0 Å². The van der Waals surface area contributed by atoms with Crippen molar-refractivity contribution in [1.82, 2.24) is 0 Å². The van der Waals surface area contributed by atoms with E-state index in [1.807, 2.05) is 0 Å². The predicted molar refractivity (Wildman–Crippen MR) is 137 cm³/mol. The molecule has 1 aromatic carbocycles. The maximum Gasteiger partial charge on any atom is 0.267 e. The number of ether oxygens (including phenoxy) is 1. The molecule has 4 rings (SSSR count). The van der Waals surface area contributed by atoms with Crippen LogP contribution in [0.1, 0.15) is 108 Å². The van der Waals surface area contributed by atoms with Crippen molar-refractivity contribution in [3.63, 3.8) is 0 Å². The van der Waals surface area contributed by atoms with Gasteiger partial charge >= 0.3 is 0 Å². The Morgan fingerprint density at radius 1 is 0.857 bits per heavy atom. The largest absolute Gasteiger partial charge is 0.491 e. The predicted octanol–water partition coefficient (Wildman–Crippen LogP) is 9.70. The summed E-state index contributed by atoms with van der Waals surface area (Å²) < 4.78 is 47.0. The lowest BCUT2D eigenvalue weighted by molar-refractivity contribution is 0.107. The Bertz CT molecular complexity index is 798. The molecule has 35 heavy (non-hydrogen) atoms. The molecular formula is C31H45F3O. The molecule has 196 valence electrons. The van der Waals surface area contributed by atoms with Crippen molar-refractivity contribution in [2.45, 2.75) is 103 Å². The Hall–Kier alpha value is -1.45. The van der Waals surface area contributed by atoms with Crippen LogP contribution in [0.2, 0.25) is 0 Å². The normalized spacial score (nSPS) is 31.9. The molecule has 3 aliphatic rings. The van der Waals surface area contributed by atoms with Gasteiger partial charge in [0.25, 0.3) is 6.43 Å². The van der Waals surface area contributed by atoms with Gasteiger partial charge in [-0.2, -0.15) is 0 Å². The average molecular weight is 491 g/mol. The zero-order valence-corrected chi connectivity index (χ0v) is 21.6. The molecule has 3 aliphatic carbocycles. The highest BCUT2D eigenvalue weighted by Gasteiger charge is 2.34. The summed E-state index contributed by atoms with van der Waals surface area (Å²) in [5, 5.41) is 0. The lowest BCUT2D eigenvalue weighted by Gasteiger charge is -2.41. The minimum absolute atomic E-state index is 0.0637. The van der Waals surface area contributed by atoms with E-state index in [2.05, 4.69) is 12.7 Å². The van der Waals surface area contributed by atoms with E-state index in [9.17, 15) is 13.2 Å². The number of hydrogen-bond donors (Lipinski definition) is 0. The maximum absolute atomic E-state index is 14.6. The van der Waals surface area contributed by atoms with Gasteiger partial charge in [0.15, 0.2) is 11.6 Å². The first-order valence-corrected chi connectivity index (χ1v) is 14.3. The summed E-state index contributed by atoms with van der Waals surface area (Å²) in [5.41, 5.74) is -0.0112. The molecule has 0 aromatic heterocycles. The molecule has 0 spiro atoms. The molecule has 3 fully saturated rings. The minimum atomic E-state index is -2.81. The van der Waals surface area contributed by atoms with Crippen LogP contribution in [0, 0.1) is 41.3 Å². The van der Waals surface area contributed by atoms with E-state index < -0.39 is 17.8 Å². The quantitative estimate of drug-likeness (QED) is 0.313. The van der Waals surface area contributed by atoms with E-state index >= 15 is 0 Å². The van der Waals surface area contributed by atoms with Crippen molar-refractivity contribution in [3.8, 4) is 5.75 Å².